The standard InChI is InChI=1S/C10H16N4/c1-7-2-3-14-6-13-8(5-10(11)12)9(14)4-7/h6-7H,2-5H2,1H3,(H3,11,12). The number of hydrogen-bond acceptors (Lipinski definition) is 2. The number of nitrogens with zero attached hydrogens (tertiary/aromatic N) is 2. The van der Waals surface area contributed by atoms with Crippen LogP contribution < -0.4 is 5.73 Å². The van der Waals surface area contributed by atoms with Gasteiger partial charge in [-0.1, -0.05) is 6.92 Å². The van der Waals surface area contributed by atoms with Crippen LogP contribution in [0.2, 0.25) is 0 Å². The highest BCUT2D eigenvalue weighted by Crippen LogP contribution is 2.22. The van der Waals surface area contributed by atoms with Crippen molar-refractivity contribution in [2.45, 2.75) is 32.7 Å². The summed E-state index contributed by atoms with van der Waals surface area (Å²) in [5, 5.41) is 7.27. The Hall–Kier alpha value is -1.32. The number of hydrogen-bond donors (Lipinski definition) is 2. The van der Waals surface area contributed by atoms with Gasteiger partial charge >= 0.3 is 0 Å². The van der Waals surface area contributed by atoms with Gasteiger partial charge in [-0.15, -0.1) is 0 Å². The second-order valence-corrected chi connectivity index (χ2v) is 4.13. The van der Waals surface area contributed by atoms with Gasteiger partial charge in [-0.3, -0.25) is 5.41 Å². The van der Waals surface area contributed by atoms with Gasteiger partial charge in [-0.2, -0.15) is 0 Å². The molecule has 76 valence electrons. The van der Waals surface area contributed by atoms with E-state index in [-0.39, 0.29) is 5.84 Å². The zero-order chi connectivity index (χ0) is 10.1. The highest BCUT2D eigenvalue weighted by Gasteiger charge is 2.19. The van der Waals surface area contributed by atoms with Crippen LogP contribution in [-0.4, -0.2) is 15.4 Å². The number of fused-ring (bicyclic) bond motifs is 1. The van der Waals surface area contributed by atoms with Crippen LogP contribution >= 0.6 is 0 Å². The maximum absolute atomic E-state index is 7.27. The third kappa shape index (κ3) is 1.64. The predicted octanol–water partition coefficient (Wildman–Crippen LogP) is 0.944. The molecule has 4 heteroatoms. The first-order chi connectivity index (χ1) is 6.66. The predicted molar refractivity (Wildman–Crippen MR) is 55.3 cm³/mol. The maximum Gasteiger partial charge on any atom is 0.0966 e. The smallest absolute Gasteiger partial charge is 0.0966 e. The fraction of sp³-hybridized carbons (Fsp3) is 0.600. The van der Waals surface area contributed by atoms with Crippen LogP contribution in [0.3, 0.4) is 0 Å². The van der Waals surface area contributed by atoms with Crippen molar-refractivity contribution >= 4 is 5.84 Å². The lowest BCUT2D eigenvalue weighted by molar-refractivity contribution is 0.415. The molecule has 14 heavy (non-hydrogen) atoms. The van der Waals surface area contributed by atoms with Crippen molar-refractivity contribution in [3.8, 4) is 0 Å². The molecule has 4 nitrogen and oxygen atoms in total. The molecule has 2 rings (SSSR count). The lowest BCUT2D eigenvalue weighted by atomic mass is 9.96. The lowest BCUT2D eigenvalue weighted by Gasteiger charge is -2.21. The molecule has 0 aromatic carbocycles. The summed E-state index contributed by atoms with van der Waals surface area (Å²) in [6.45, 7) is 3.31. The molecule has 1 aliphatic rings. The van der Waals surface area contributed by atoms with E-state index >= 15 is 0 Å². The minimum absolute atomic E-state index is 0.199. The molecule has 0 saturated carbocycles. The third-order valence-electron chi connectivity index (χ3n) is 2.80. The van der Waals surface area contributed by atoms with Gasteiger partial charge in [0.05, 0.1) is 17.9 Å². The van der Waals surface area contributed by atoms with Crippen molar-refractivity contribution in [3.05, 3.63) is 17.7 Å². The molecule has 0 bridgehead atoms. The second kappa shape index (κ2) is 3.44. The molecular formula is C10H16N4. The molecule has 0 spiro atoms. The van der Waals surface area contributed by atoms with E-state index in [1.165, 1.54) is 12.1 Å². The summed E-state index contributed by atoms with van der Waals surface area (Å²) in [5.41, 5.74) is 7.65. The van der Waals surface area contributed by atoms with Gasteiger partial charge in [0.15, 0.2) is 0 Å². The summed E-state index contributed by atoms with van der Waals surface area (Å²) in [6, 6.07) is 0. The fourth-order valence-corrected chi connectivity index (χ4v) is 2.00. The average molecular weight is 192 g/mol. The quantitative estimate of drug-likeness (QED) is 0.541. The largest absolute Gasteiger partial charge is 0.387 e. The number of rotatable bonds is 2. The minimum Gasteiger partial charge on any atom is -0.387 e. The molecule has 0 saturated heterocycles. The van der Waals surface area contributed by atoms with Crippen LogP contribution in [0.25, 0.3) is 0 Å². The normalized spacial score (nSPS) is 20.5. The molecule has 0 amide bonds. The highest BCUT2D eigenvalue weighted by atomic mass is 15.1. The molecular weight excluding hydrogens is 176 g/mol. The Morgan fingerprint density at radius 1 is 1.79 bits per heavy atom. The van der Waals surface area contributed by atoms with Crippen molar-refractivity contribution in [1.82, 2.24) is 9.55 Å². The summed E-state index contributed by atoms with van der Waals surface area (Å²) >= 11 is 0. The summed E-state index contributed by atoms with van der Waals surface area (Å²) in [5.74, 6) is 0.926. The third-order valence-corrected chi connectivity index (χ3v) is 2.80. The van der Waals surface area contributed by atoms with Crippen molar-refractivity contribution in [2.24, 2.45) is 11.7 Å². The van der Waals surface area contributed by atoms with Gasteiger partial charge in [0, 0.05) is 18.7 Å². The average Bonchev–Trinajstić information content (AvgIpc) is 2.47. The van der Waals surface area contributed by atoms with Crippen molar-refractivity contribution in [1.29, 1.82) is 5.41 Å². The van der Waals surface area contributed by atoms with Crippen LogP contribution in [0, 0.1) is 11.3 Å². The Morgan fingerprint density at radius 2 is 2.57 bits per heavy atom. The molecule has 0 aliphatic carbocycles. The molecule has 2 heterocycles. The number of aryl methyl sites for hydroxylation is 1. The number of amidine groups is 1. The van der Waals surface area contributed by atoms with Gasteiger partial charge < -0.3 is 10.3 Å². The van der Waals surface area contributed by atoms with Crippen LogP contribution in [-0.2, 0) is 19.4 Å². The monoisotopic (exact) mass is 192 g/mol. The minimum atomic E-state index is 0.199. The van der Waals surface area contributed by atoms with Crippen molar-refractivity contribution < 1.29 is 0 Å². The highest BCUT2D eigenvalue weighted by molar-refractivity contribution is 5.79. The molecule has 0 radical (unpaired) electrons. The van der Waals surface area contributed by atoms with Crippen molar-refractivity contribution in [3.63, 3.8) is 0 Å². The Balaban J connectivity index is 2.26. The van der Waals surface area contributed by atoms with E-state index in [0.29, 0.717) is 6.42 Å². The number of nitrogens with two attached hydrogens (primary N) is 1. The van der Waals surface area contributed by atoms with Crippen LogP contribution in [0.15, 0.2) is 6.33 Å². The molecule has 0 fully saturated rings. The molecule has 1 aromatic rings. The number of nitrogens with one attached hydrogen (secondary N) is 1. The van der Waals surface area contributed by atoms with Crippen molar-refractivity contribution in [2.75, 3.05) is 0 Å². The van der Waals surface area contributed by atoms with E-state index in [9.17, 15) is 0 Å². The summed E-state index contributed by atoms with van der Waals surface area (Å²) in [6.07, 6.45) is 4.67. The van der Waals surface area contributed by atoms with E-state index < -0.39 is 0 Å². The van der Waals surface area contributed by atoms with E-state index in [2.05, 4.69) is 16.5 Å². The first-order valence-corrected chi connectivity index (χ1v) is 5.02. The SMILES string of the molecule is CC1CCn2cnc(CC(=N)N)c2C1. The Morgan fingerprint density at radius 3 is 3.29 bits per heavy atom. The summed E-state index contributed by atoms with van der Waals surface area (Å²) < 4.78 is 2.19. The van der Waals surface area contributed by atoms with Crippen LogP contribution in [0.5, 0.6) is 0 Å². The molecule has 1 atom stereocenters. The van der Waals surface area contributed by atoms with Gasteiger partial charge in [0.25, 0.3) is 0 Å². The maximum atomic E-state index is 7.27. The summed E-state index contributed by atoms with van der Waals surface area (Å²) in [4.78, 5) is 4.31. The topological polar surface area (TPSA) is 67.7 Å². The first kappa shape index (κ1) is 9.24. The first-order valence-electron chi connectivity index (χ1n) is 5.02. The van der Waals surface area contributed by atoms with E-state index in [4.69, 9.17) is 11.1 Å². The Labute approximate surface area is 83.6 Å². The zero-order valence-electron chi connectivity index (χ0n) is 8.45. The van der Waals surface area contributed by atoms with E-state index in [1.807, 2.05) is 6.33 Å². The summed E-state index contributed by atoms with van der Waals surface area (Å²) in [7, 11) is 0. The Kier molecular flexibility index (Phi) is 2.27. The van der Waals surface area contributed by atoms with Crippen LogP contribution in [0.4, 0.5) is 0 Å². The second-order valence-electron chi connectivity index (χ2n) is 4.13. The number of aromatic nitrogens is 2. The van der Waals surface area contributed by atoms with Crippen LogP contribution in [0.1, 0.15) is 24.7 Å². The molecule has 1 unspecified atom stereocenters. The van der Waals surface area contributed by atoms with Gasteiger partial charge in [-0.25, -0.2) is 4.98 Å². The van der Waals surface area contributed by atoms with Gasteiger partial charge in [0.2, 0.25) is 0 Å². The van der Waals surface area contributed by atoms with Gasteiger partial charge in [0.1, 0.15) is 0 Å². The lowest BCUT2D eigenvalue weighted by Crippen LogP contribution is -2.19. The zero-order valence-corrected chi connectivity index (χ0v) is 8.45. The van der Waals surface area contributed by atoms with Gasteiger partial charge in [-0.05, 0) is 18.8 Å². The Bertz CT molecular complexity index is 353. The van der Waals surface area contributed by atoms with E-state index in [1.54, 1.807) is 0 Å². The molecule has 3 N–H and O–H groups in total. The molecule has 1 aromatic heterocycles. The fourth-order valence-electron chi connectivity index (χ4n) is 2.00. The van der Waals surface area contributed by atoms with E-state index in [0.717, 1.165) is 24.6 Å². The molecule has 1 aliphatic heterocycles. The number of imidazole rings is 1.